The van der Waals surface area contributed by atoms with Crippen molar-refractivity contribution in [3.63, 3.8) is 0 Å². The fourth-order valence-corrected chi connectivity index (χ4v) is 4.05. The summed E-state index contributed by atoms with van der Waals surface area (Å²) in [6.45, 7) is 0.346. The van der Waals surface area contributed by atoms with Crippen molar-refractivity contribution in [3.05, 3.63) is 63.6 Å². The van der Waals surface area contributed by atoms with Crippen LogP contribution in [-0.2, 0) is 16.0 Å². The number of benzene rings is 2. The van der Waals surface area contributed by atoms with E-state index in [1.165, 1.54) is 11.1 Å². The van der Waals surface area contributed by atoms with Crippen LogP contribution < -0.4 is 15.5 Å². The predicted octanol–water partition coefficient (Wildman–Crippen LogP) is 2.64. The van der Waals surface area contributed by atoms with Crippen LogP contribution in [-0.4, -0.2) is 32.0 Å². The molecular weight excluding hydrogens is 397 g/mol. The maximum absolute atomic E-state index is 12.5. The van der Waals surface area contributed by atoms with Gasteiger partial charge in [0.05, 0.1) is 28.8 Å². The molecule has 2 amide bonds. The normalized spacial score (nSPS) is 16.8. The Kier molecular flexibility index (Phi) is 6.94. The first-order valence-corrected chi connectivity index (χ1v) is 10.1. The van der Waals surface area contributed by atoms with Crippen LogP contribution in [0.2, 0.25) is 10.0 Å². The first kappa shape index (κ1) is 20.6. The molecule has 3 rings (SSSR count). The van der Waals surface area contributed by atoms with Crippen LogP contribution in [0.3, 0.4) is 0 Å². The Hall–Kier alpha value is -2.08. The van der Waals surface area contributed by atoms with E-state index < -0.39 is 0 Å². The highest BCUT2D eigenvalue weighted by molar-refractivity contribution is 6.39. The predicted molar refractivity (Wildman–Crippen MR) is 112 cm³/mol. The average Bonchev–Trinajstić information content (AvgIpc) is 2.65. The van der Waals surface area contributed by atoms with E-state index in [1.54, 1.807) is 18.2 Å². The standard InChI is InChI=1S/C21H23Cl2N3O2/c1-26(13-20(28)25-21-16(22)9-5-10-17(21)23)12-19(27)24-18-11-4-7-14-6-2-3-8-15(14)18/h2-3,5-6,8-10,18H,4,7,11-13H2,1H3,(H,24,27)(H,25,28)/p+1/t18-/m0/s1. The van der Waals surface area contributed by atoms with Crippen LogP contribution in [0.25, 0.3) is 0 Å². The first-order valence-electron chi connectivity index (χ1n) is 9.36. The number of carbonyl (C=O) groups excluding carboxylic acids is 2. The molecule has 5 nitrogen and oxygen atoms in total. The molecule has 148 valence electrons. The number of amides is 2. The van der Waals surface area contributed by atoms with Gasteiger partial charge in [-0.2, -0.15) is 0 Å². The van der Waals surface area contributed by atoms with Gasteiger partial charge in [0, 0.05) is 0 Å². The minimum Gasteiger partial charge on any atom is -0.344 e. The smallest absolute Gasteiger partial charge is 0.279 e. The van der Waals surface area contributed by atoms with E-state index >= 15 is 0 Å². The van der Waals surface area contributed by atoms with Crippen LogP contribution in [0, 0.1) is 0 Å². The van der Waals surface area contributed by atoms with Crippen molar-refractivity contribution in [2.24, 2.45) is 0 Å². The van der Waals surface area contributed by atoms with E-state index in [2.05, 4.69) is 22.8 Å². The van der Waals surface area contributed by atoms with Gasteiger partial charge in [0.15, 0.2) is 13.1 Å². The molecule has 0 aromatic heterocycles. The van der Waals surface area contributed by atoms with Gasteiger partial charge in [0.2, 0.25) is 0 Å². The lowest BCUT2D eigenvalue weighted by molar-refractivity contribution is -0.862. The second kappa shape index (κ2) is 9.41. The van der Waals surface area contributed by atoms with E-state index in [9.17, 15) is 9.59 Å². The molecule has 3 N–H and O–H groups in total. The summed E-state index contributed by atoms with van der Waals surface area (Å²) in [4.78, 5) is 25.5. The third kappa shape index (κ3) is 5.25. The van der Waals surface area contributed by atoms with E-state index in [-0.39, 0.29) is 30.9 Å². The number of hydrogen-bond acceptors (Lipinski definition) is 2. The SMILES string of the molecule is C[NH+](CC(=O)Nc1c(Cl)cccc1Cl)CC(=O)N[C@H]1CCCc2ccccc21. The van der Waals surface area contributed by atoms with Crippen molar-refractivity contribution in [2.45, 2.75) is 25.3 Å². The quantitative estimate of drug-likeness (QED) is 0.672. The van der Waals surface area contributed by atoms with E-state index in [0.717, 1.165) is 24.2 Å². The van der Waals surface area contributed by atoms with Gasteiger partial charge in [-0.25, -0.2) is 0 Å². The number of quaternary nitrogens is 1. The number of anilines is 1. The topological polar surface area (TPSA) is 62.6 Å². The summed E-state index contributed by atoms with van der Waals surface area (Å²) in [5.74, 6) is -0.314. The third-order valence-corrected chi connectivity index (χ3v) is 5.49. The minimum atomic E-state index is -0.247. The molecule has 0 saturated heterocycles. The molecule has 0 radical (unpaired) electrons. The number of carbonyl (C=O) groups is 2. The molecule has 7 heteroatoms. The van der Waals surface area contributed by atoms with Crippen molar-refractivity contribution < 1.29 is 14.5 Å². The van der Waals surface area contributed by atoms with Gasteiger partial charge in [0.25, 0.3) is 11.8 Å². The Morgan fingerprint density at radius 3 is 2.46 bits per heavy atom. The van der Waals surface area contributed by atoms with Gasteiger partial charge < -0.3 is 15.5 Å². The highest BCUT2D eigenvalue weighted by Crippen LogP contribution is 2.30. The number of likely N-dealkylation sites (N-methyl/N-ethyl adjacent to an activating group) is 1. The fourth-order valence-electron chi connectivity index (χ4n) is 3.56. The van der Waals surface area contributed by atoms with Gasteiger partial charge >= 0.3 is 0 Å². The lowest BCUT2D eigenvalue weighted by Crippen LogP contribution is -3.11. The van der Waals surface area contributed by atoms with Gasteiger partial charge in [-0.15, -0.1) is 0 Å². The summed E-state index contributed by atoms with van der Waals surface area (Å²) in [6, 6.07) is 13.3. The van der Waals surface area contributed by atoms with Gasteiger partial charge in [0.1, 0.15) is 0 Å². The second-order valence-electron chi connectivity index (χ2n) is 7.17. The summed E-state index contributed by atoms with van der Waals surface area (Å²) >= 11 is 12.1. The summed E-state index contributed by atoms with van der Waals surface area (Å²) < 4.78 is 0. The highest BCUT2D eigenvalue weighted by atomic mass is 35.5. The van der Waals surface area contributed by atoms with Crippen molar-refractivity contribution in [2.75, 3.05) is 25.5 Å². The molecule has 0 fully saturated rings. The van der Waals surface area contributed by atoms with Gasteiger partial charge in [-0.05, 0) is 42.5 Å². The molecule has 1 aliphatic rings. The van der Waals surface area contributed by atoms with Gasteiger partial charge in [-0.1, -0.05) is 53.5 Å². The van der Waals surface area contributed by atoms with Crippen LogP contribution in [0.4, 0.5) is 5.69 Å². The number of rotatable bonds is 6. The molecule has 1 aliphatic carbocycles. The Balaban J connectivity index is 1.52. The minimum absolute atomic E-state index is 0.0426. The molecular formula is C21H24Cl2N3O2+. The number of hydrogen-bond donors (Lipinski definition) is 3. The summed E-state index contributed by atoms with van der Waals surface area (Å²) in [7, 11) is 1.81. The molecule has 2 atom stereocenters. The Morgan fingerprint density at radius 2 is 1.71 bits per heavy atom. The number of para-hydroxylation sites is 1. The maximum atomic E-state index is 12.5. The zero-order chi connectivity index (χ0) is 20.1. The van der Waals surface area contributed by atoms with Crippen molar-refractivity contribution in [3.8, 4) is 0 Å². The van der Waals surface area contributed by atoms with Crippen LogP contribution in [0.1, 0.15) is 30.0 Å². The molecule has 0 heterocycles. The lowest BCUT2D eigenvalue weighted by atomic mass is 9.88. The summed E-state index contributed by atoms with van der Waals surface area (Å²) in [6.07, 6.45) is 3.05. The largest absolute Gasteiger partial charge is 0.344 e. The van der Waals surface area contributed by atoms with Crippen molar-refractivity contribution in [1.82, 2.24) is 5.32 Å². The van der Waals surface area contributed by atoms with Crippen LogP contribution >= 0.6 is 23.2 Å². The second-order valence-corrected chi connectivity index (χ2v) is 7.98. The molecule has 2 aromatic rings. The Bertz CT molecular complexity index is 852. The lowest BCUT2D eigenvalue weighted by Gasteiger charge is -2.26. The summed E-state index contributed by atoms with van der Waals surface area (Å²) in [5.41, 5.74) is 2.90. The van der Waals surface area contributed by atoms with Crippen molar-refractivity contribution >= 4 is 40.7 Å². The van der Waals surface area contributed by atoms with E-state index in [1.807, 2.05) is 19.2 Å². The van der Waals surface area contributed by atoms with Crippen LogP contribution in [0.5, 0.6) is 0 Å². The first-order chi connectivity index (χ1) is 13.4. The maximum Gasteiger partial charge on any atom is 0.279 e. The molecule has 2 aromatic carbocycles. The van der Waals surface area contributed by atoms with E-state index in [4.69, 9.17) is 23.2 Å². The molecule has 0 bridgehead atoms. The number of fused-ring (bicyclic) bond motifs is 1. The third-order valence-electron chi connectivity index (χ3n) is 4.86. The molecule has 0 aliphatic heterocycles. The number of aryl methyl sites for hydroxylation is 1. The molecule has 28 heavy (non-hydrogen) atoms. The highest BCUT2D eigenvalue weighted by Gasteiger charge is 2.23. The van der Waals surface area contributed by atoms with Crippen LogP contribution in [0.15, 0.2) is 42.5 Å². The monoisotopic (exact) mass is 420 g/mol. The van der Waals surface area contributed by atoms with Gasteiger partial charge in [-0.3, -0.25) is 9.59 Å². The van der Waals surface area contributed by atoms with Crippen molar-refractivity contribution in [1.29, 1.82) is 0 Å². The molecule has 0 saturated carbocycles. The Morgan fingerprint density at radius 1 is 1.04 bits per heavy atom. The molecule has 1 unspecified atom stereocenters. The molecule has 0 spiro atoms. The fraction of sp³-hybridized carbons (Fsp3) is 0.333. The summed E-state index contributed by atoms with van der Waals surface area (Å²) in [5, 5.41) is 6.60. The van der Waals surface area contributed by atoms with E-state index in [0.29, 0.717) is 15.7 Å². The number of nitrogens with one attached hydrogen (secondary N) is 3. The Labute approximate surface area is 175 Å². The average molecular weight is 421 g/mol. The number of halogens is 2. The zero-order valence-electron chi connectivity index (χ0n) is 15.7. The zero-order valence-corrected chi connectivity index (χ0v) is 17.2.